The molecule has 0 amide bonds. The van der Waals surface area contributed by atoms with Crippen LogP contribution in [0.15, 0.2) is 22.6 Å². The number of aryl methyl sites for hydroxylation is 1. The van der Waals surface area contributed by atoms with E-state index in [-0.39, 0.29) is 12.0 Å². The number of benzene rings is 1. The first-order valence-corrected chi connectivity index (χ1v) is 7.73. The van der Waals surface area contributed by atoms with Gasteiger partial charge < -0.3 is 9.15 Å². The number of hydrogen-bond acceptors (Lipinski definition) is 4. The summed E-state index contributed by atoms with van der Waals surface area (Å²) in [6.07, 6.45) is 2.39. The monoisotopic (exact) mass is 322 g/mol. The van der Waals surface area contributed by atoms with Crippen molar-refractivity contribution in [3.63, 3.8) is 0 Å². The van der Waals surface area contributed by atoms with Crippen molar-refractivity contribution in [2.45, 2.75) is 32.4 Å². The molecule has 0 aliphatic carbocycles. The van der Waals surface area contributed by atoms with Crippen LogP contribution in [0.3, 0.4) is 0 Å². The Bertz CT molecular complexity index is 667. The molecule has 0 N–H and O–H groups in total. The molecule has 0 bridgehead atoms. The van der Waals surface area contributed by atoms with E-state index in [9.17, 15) is 8.78 Å². The third kappa shape index (κ3) is 3.76. The molecule has 2 heterocycles. The number of likely N-dealkylation sites (tertiary alicyclic amines) is 1. The number of ether oxygens (including phenoxy) is 1. The topological polar surface area (TPSA) is 38.5 Å². The molecule has 1 aromatic carbocycles. The summed E-state index contributed by atoms with van der Waals surface area (Å²) in [6.45, 7) is 4.30. The average molecular weight is 322 g/mol. The van der Waals surface area contributed by atoms with Gasteiger partial charge in [-0.25, -0.2) is 13.8 Å². The number of nitrogens with zero attached hydrogens (tertiary/aromatic N) is 2. The summed E-state index contributed by atoms with van der Waals surface area (Å²) >= 11 is 0. The highest BCUT2D eigenvalue weighted by atomic mass is 19.1. The summed E-state index contributed by atoms with van der Waals surface area (Å²) in [7, 11) is 1.73. The van der Waals surface area contributed by atoms with Crippen molar-refractivity contribution in [3.05, 3.63) is 41.3 Å². The molecule has 3 rings (SSSR count). The number of oxazole rings is 1. The summed E-state index contributed by atoms with van der Waals surface area (Å²) in [5, 5.41) is 0. The van der Waals surface area contributed by atoms with Crippen LogP contribution in [0.4, 0.5) is 8.78 Å². The SMILES string of the molecule is CO[C@H]1CCCN(Cc2nc(-c3cc(F)cc(F)c3)oc2C)C1. The van der Waals surface area contributed by atoms with E-state index in [0.29, 0.717) is 17.9 Å². The van der Waals surface area contributed by atoms with Gasteiger partial charge in [0.05, 0.1) is 11.8 Å². The van der Waals surface area contributed by atoms with Crippen molar-refractivity contribution in [2.24, 2.45) is 0 Å². The van der Waals surface area contributed by atoms with E-state index < -0.39 is 11.6 Å². The average Bonchev–Trinajstić information content (AvgIpc) is 2.88. The molecule has 1 aliphatic heterocycles. The molecule has 6 heteroatoms. The van der Waals surface area contributed by atoms with E-state index in [2.05, 4.69) is 9.88 Å². The number of aromatic nitrogens is 1. The van der Waals surface area contributed by atoms with Crippen molar-refractivity contribution in [1.82, 2.24) is 9.88 Å². The third-order valence-corrected chi connectivity index (χ3v) is 4.17. The van der Waals surface area contributed by atoms with Gasteiger partial charge in [-0.2, -0.15) is 0 Å². The predicted octanol–water partition coefficient (Wildman–Crippen LogP) is 3.54. The van der Waals surface area contributed by atoms with Gasteiger partial charge in [-0.15, -0.1) is 0 Å². The minimum atomic E-state index is -0.642. The molecular formula is C17H20F2N2O2. The molecule has 124 valence electrons. The quantitative estimate of drug-likeness (QED) is 0.863. The van der Waals surface area contributed by atoms with Crippen LogP contribution in [-0.4, -0.2) is 36.2 Å². The van der Waals surface area contributed by atoms with Gasteiger partial charge in [-0.1, -0.05) is 0 Å². The number of hydrogen-bond donors (Lipinski definition) is 0. The Morgan fingerprint density at radius 3 is 2.74 bits per heavy atom. The van der Waals surface area contributed by atoms with Crippen molar-refractivity contribution >= 4 is 0 Å². The molecule has 1 atom stereocenters. The lowest BCUT2D eigenvalue weighted by atomic mass is 10.1. The van der Waals surface area contributed by atoms with E-state index in [4.69, 9.17) is 9.15 Å². The summed E-state index contributed by atoms with van der Waals surface area (Å²) in [5.41, 5.74) is 1.10. The van der Waals surface area contributed by atoms with Crippen molar-refractivity contribution < 1.29 is 17.9 Å². The first-order valence-electron chi connectivity index (χ1n) is 7.73. The number of halogens is 2. The van der Waals surface area contributed by atoms with Gasteiger partial charge in [-0.05, 0) is 38.4 Å². The molecule has 1 aromatic heterocycles. The summed E-state index contributed by atoms with van der Waals surface area (Å²) in [5.74, 6) is -0.367. The fraction of sp³-hybridized carbons (Fsp3) is 0.471. The zero-order valence-electron chi connectivity index (χ0n) is 13.3. The van der Waals surface area contributed by atoms with Crippen LogP contribution in [0.5, 0.6) is 0 Å². The van der Waals surface area contributed by atoms with E-state index in [1.54, 1.807) is 7.11 Å². The van der Waals surface area contributed by atoms with Crippen LogP contribution in [0, 0.1) is 18.6 Å². The summed E-state index contributed by atoms with van der Waals surface area (Å²) < 4.78 is 37.7. The van der Waals surface area contributed by atoms with Gasteiger partial charge in [0.2, 0.25) is 5.89 Å². The molecule has 0 spiro atoms. The second kappa shape index (κ2) is 6.76. The minimum absolute atomic E-state index is 0.243. The number of piperidine rings is 1. The van der Waals surface area contributed by atoms with E-state index in [1.807, 2.05) is 6.92 Å². The molecule has 0 radical (unpaired) electrons. The third-order valence-electron chi connectivity index (χ3n) is 4.17. The van der Waals surface area contributed by atoms with E-state index in [0.717, 1.165) is 37.7 Å². The zero-order valence-corrected chi connectivity index (χ0v) is 13.3. The first kappa shape index (κ1) is 16.1. The van der Waals surface area contributed by atoms with Crippen molar-refractivity contribution in [1.29, 1.82) is 0 Å². The Hall–Kier alpha value is -1.79. The van der Waals surface area contributed by atoms with Gasteiger partial charge >= 0.3 is 0 Å². The maximum absolute atomic E-state index is 13.3. The molecule has 1 fully saturated rings. The van der Waals surface area contributed by atoms with Crippen molar-refractivity contribution in [2.75, 3.05) is 20.2 Å². The second-order valence-corrected chi connectivity index (χ2v) is 5.92. The fourth-order valence-electron chi connectivity index (χ4n) is 2.94. The molecule has 1 saturated heterocycles. The Morgan fingerprint density at radius 2 is 2.04 bits per heavy atom. The second-order valence-electron chi connectivity index (χ2n) is 5.92. The number of methoxy groups -OCH3 is 1. The highest BCUT2D eigenvalue weighted by Crippen LogP contribution is 2.25. The largest absolute Gasteiger partial charge is 0.441 e. The lowest BCUT2D eigenvalue weighted by Crippen LogP contribution is -2.38. The van der Waals surface area contributed by atoms with Gasteiger partial charge in [0.15, 0.2) is 0 Å². The predicted molar refractivity (Wildman–Crippen MR) is 81.9 cm³/mol. The van der Waals surface area contributed by atoms with Crippen LogP contribution in [-0.2, 0) is 11.3 Å². The molecule has 0 saturated carbocycles. The Morgan fingerprint density at radius 1 is 1.30 bits per heavy atom. The van der Waals surface area contributed by atoms with Crippen LogP contribution < -0.4 is 0 Å². The van der Waals surface area contributed by atoms with Crippen LogP contribution in [0.25, 0.3) is 11.5 Å². The lowest BCUT2D eigenvalue weighted by Gasteiger charge is -2.31. The molecule has 4 nitrogen and oxygen atoms in total. The maximum Gasteiger partial charge on any atom is 0.226 e. The minimum Gasteiger partial charge on any atom is -0.441 e. The van der Waals surface area contributed by atoms with Crippen molar-refractivity contribution in [3.8, 4) is 11.5 Å². The van der Waals surface area contributed by atoms with Crippen LogP contribution in [0.1, 0.15) is 24.3 Å². The Labute approximate surface area is 134 Å². The Kier molecular flexibility index (Phi) is 4.73. The molecule has 23 heavy (non-hydrogen) atoms. The van der Waals surface area contributed by atoms with Gasteiger partial charge in [0.25, 0.3) is 0 Å². The molecule has 1 aliphatic rings. The maximum atomic E-state index is 13.3. The van der Waals surface area contributed by atoms with Gasteiger partial charge in [-0.3, -0.25) is 4.90 Å². The highest BCUT2D eigenvalue weighted by Gasteiger charge is 2.22. The molecule has 2 aromatic rings. The highest BCUT2D eigenvalue weighted by molar-refractivity contribution is 5.53. The smallest absolute Gasteiger partial charge is 0.226 e. The van der Waals surface area contributed by atoms with Crippen LogP contribution >= 0.6 is 0 Å². The molecule has 0 unspecified atom stereocenters. The number of rotatable bonds is 4. The lowest BCUT2D eigenvalue weighted by molar-refractivity contribution is 0.0280. The van der Waals surface area contributed by atoms with Gasteiger partial charge in [0.1, 0.15) is 17.4 Å². The normalized spacial score (nSPS) is 19.2. The van der Waals surface area contributed by atoms with E-state index in [1.165, 1.54) is 12.1 Å². The zero-order chi connectivity index (χ0) is 16.4. The standard InChI is InChI=1S/C17H20F2N2O2/c1-11-16(10-21-5-3-4-15(9-21)22-2)20-17(23-11)12-6-13(18)8-14(19)7-12/h6-8,15H,3-5,9-10H2,1-2H3/t15-/m0/s1. The van der Waals surface area contributed by atoms with E-state index >= 15 is 0 Å². The summed E-state index contributed by atoms with van der Waals surface area (Å²) in [6, 6.07) is 3.28. The first-order chi connectivity index (χ1) is 11.0. The Balaban J connectivity index is 1.78. The fourth-order valence-corrected chi connectivity index (χ4v) is 2.94. The van der Waals surface area contributed by atoms with Gasteiger partial charge in [0, 0.05) is 31.8 Å². The van der Waals surface area contributed by atoms with Crippen LogP contribution in [0.2, 0.25) is 0 Å². The molecular weight excluding hydrogens is 302 g/mol. The summed E-state index contributed by atoms with van der Waals surface area (Å²) in [4.78, 5) is 6.69.